The molecule has 0 heterocycles. The van der Waals surface area contributed by atoms with E-state index in [-0.39, 0.29) is 11.3 Å². The first-order chi connectivity index (χ1) is 13.3. The van der Waals surface area contributed by atoms with Crippen molar-refractivity contribution in [1.82, 2.24) is 0 Å². The molecule has 0 saturated heterocycles. The quantitative estimate of drug-likeness (QED) is 0.529. The van der Waals surface area contributed by atoms with Crippen LogP contribution in [0.5, 0.6) is 11.5 Å². The van der Waals surface area contributed by atoms with Gasteiger partial charge in [0.25, 0.3) is 0 Å². The highest BCUT2D eigenvalue weighted by molar-refractivity contribution is 6.30. The van der Waals surface area contributed by atoms with Gasteiger partial charge in [0.05, 0.1) is 6.42 Å². The summed E-state index contributed by atoms with van der Waals surface area (Å²) < 4.78 is 5.89. The van der Waals surface area contributed by atoms with E-state index < -0.39 is 0 Å². The van der Waals surface area contributed by atoms with Crippen LogP contribution in [-0.2, 0) is 16.6 Å². The molecular weight excluding hydrogens is 370 g/mol. The monoisotopic (exact) mass is 393 g/mol. The minimum atomic E-state index is -0.0752. The Bertz CT molecular complexity index is 924. The minimum absolute atomic E-state index is 0.0752. The molecule has 0 fully saturated rings. The number of hydrogen-bond acceptors (Lipinski definition) is 2. The van der Waals surface area contributed by atoms with Crippen molar-refractivity contribution in [3.63, 3.8) is 0 Å². The van der Waals surface area contributed by atoms with E-state index in [2.05, 4.69) is 38.2 Å². The zero-order valence-corrected chi connectivity index (χ0v) is 17.1. The van der Waals surface area contributed by atoms with Gasteiger partial charge < -0.3 is 10.1 Å². The zero-order valence-electron chi connectivity index (χ0n) is 16.3. The Hall–Kier alpha value is -2.78. The number of benzene rings is 3. The van der Waals surface area contributed by atoms with E-state index >= 15 is 0 Å². The third-order valence-electron chi connectivity index (χ3n) is 4.37. The number of carbonyl (C=O) groups is 1. The first kappa shape index (κ1) is 20.0. The highest BCUT2D eigenvalue weighted by atomic mass is 35.5. The predicted octanol–water partition coefficient (Wildman–Crippen LogP) is 6.61. The number of amides is 1. The summed E-state index contributed by atoms with van der Waals surface area (Å²) in [6, 6.07) is 22.7. The molecule has 3 aromatic carbocycles. The summed E-state index contributed by atoms with van der Waals surface area (Å²) in [7, 11) is 0. The number of nitrogens with one attached hydrogen (secondary N) is 1. The molecule has 0 aliphatic heterocycles. The van der Waals surface area contributed by atoms with Gasteiger partial charge in [-0.05, 0) is 65.1 Å². The van der Waals surface area contributed by atoms with Crippen molar-refractivity contribution in [1.29, 1.82) is 0 Å². The van der Waals surface area contributed by atoms with E-state index in [9.17, 15) is 4.79 Å². The standard InChI is InChI=1S/C24H24ClNO2/c1-24(2,3)18-6-12-21(13-7-18)28-22-14-10-20(11-15-22)26-23(27)16-17-4-8-19(25)9-5-17/h4-15H,16H2,1-3H3,(H,26,27). The molecule has 0 aliphatic rings. The molecule has 3 rings (SSSR count). The number of anilines is 1. The first-order valence-corrected chi connectivity index (χ1v) is 9.60. The molecular formula is C24H24ClNO2. The first-order valence-electron chi connectivity index (χ1n) is 9.22. The van der Waals surface area contributed by atoms with Crippen molar-refractivity contribution in [2.24, 2.45) is 0 Å². The Morgan fingerprint density at radius 2 is 1.39 bits per heavy atom. The molecule has 144 valence electrons. The summed E-state index contributed by atoms with van der Waals surface area (Å²) in [5.41, 5.74) is 3.03. The van der Waals surface area contributed by atoms with Crippen LogP contribution in [0.15, 0.2) is 72.8 Å². The fraction of sp³-hybridized carbons (Fsp3) is 0.208. The molecule has 28 heavy (non-hydrogen) atoms. The highest BCUT2D eigenvalue weighted by Gasteiger charge is 2.13. The van der Waals surface area contributed by atoms with Crippen LogP contribution in [0.3, 0.4) is 0 Å². The lowest BCUT2D eigenvalue weighted by molar-refractivity contribution is -0.115. The summed E-state index contributed by atoms with van der Waals surface area (Å²) in [4.78, 5) is 12.2. The van der Waals surface area contributed by atoms with Crippen molar-refractivity contribution < 1.29 is 9.53 Å². The van der Waals surface area contributed by atoms with Gasteiger partial charge in [0.2, 0.25) is 5.91 Å². The smallest absolute Gasteiger partial charge is 0.228 e. The molecule has 4 heteroatoms. The van der Waals surface area contributed by atoms with Gasteiger partial charge in [-0.1, -0.05) is 56.6 Å². The lowest BCUT2D eigenvalue weighted by Crippen LogP contribution is -2.14. The lowest BCUT2D eigenvalue weighted by Gasteiger charge is -2.19. The molecule has 0 unspecified atom stereocenters. The topological polar surface area (TPSA) is 38.3 Å². The third kappa shape index (κ3) is 5.61. The van der Waals surface area contributed by atoms with E-state index in [4.69, 9.17) is 16.3 Å². The van der Waals surface area contributed by atoms with E-state index in [0.717, 1.165) is 22.7 Å². The average Bonchev–Trinajstić information content (AvgIpc) is 2.65. The van der Waals surface area contributed by atoms with Gasteiger partial charge in [-0.2, -0.15) is 0 Å². The van der Waals surface area contributed by atoms with Crippen molar-refractivity contribution in [3.05, 3.63) is 88.9 Å². The second-order valence-corrected chi connectivity index (χ2v) is 8.19. The number of rotatable bonds is 5. The summed E-state index contributed by atoms with van der Waals surface area (Å²) in [5, 5.41) is 3.55. The maximum Gasteiger partial charge on any atom is 0.228 e. The van der Waals surface area contributed by atoms with Crippen LogP contribution < -0.4 is 10.1 Å². The van der Waals surface area contributed by atoms with E-state index in [1.54, 1.807) is 12.1 Å². The van der Waals surface area contributed by atoms with Crippen LogP contribution in [0.2, 0.25) is 5.02 Å². The maximum absolute atomic E-state index is 12.2. The van der Waals surface area contributed by atoms with E-state index in [0.29, 0.717) is 11.4 Å². The zero-order chi connectivity index (χ0) is 20.1. The average molecular weight is 394 g/mol. The molecule has 0 atom stereocenters. The minimum Gasteiger partial charge on any atom is -0.457 e. The molecule has 3 aromatic rings. The van der Waals surface area contributed by atoms with E-state index in [1.165, 1.54) is 5.56 Å². The van der Waals surface area contributed by atoms with Crippen molar-refractivity contribution in [3.8, 4) is 11.5 Å². The molecule has 0 spiro atoms. The number of ether oxygens (including phenoxy) is 1. The number of halogens is 1. The Labute approximate surface area is 171 Å². The van der Waals surface area contributed by atoms with Gasteiger partial charge in [0.15, 0.2) is 0 Å². The summed E-state index contributed by atoms with van der Waals surface area (Å²) in [5.74, 6) is 1.43. The SMILES string of the molecule is CC(C)(C)c1ccc(Oc2ccc(NC(=O)Cc3ccc(Cl)cc3)cc2)cc1. The molecule has 0 bridgehead atoms. The number of hydrogen-bond donors (Lipinski definition) is 1. The van der Waals surface area contributed by atoms with Gasteiger partial charge in [0, 0.05) is 10.7 Å². The molecule has 0 radical (unpaired) electrons. The fourth-order valence-corrected chi connectivity index (χ4v) is 2.88. The second-order valence-electron chi connectivity index (χ2n) is 7.75. The molecule has 3 nitrogen and oxygen atoms in total. The third-order valence-corrected chi connectivity index (χ3v) is 4.62. The molecule has 0 aliphatic carbocycles. The van der Waals surface area contributed by atoms with Gasteiger partial charge >= 0.3 is 0 Å². The van der Waals surface area contributed by atoms with Crippen LogP contribution in [0.1, 0.15) is 31.9 Å². The second kappa shape index (κ2) is 8.49. The van der Waals surface area contributed by atoms with Crippen molar-refractivity contribution in [2.45, 2.75) is 32.6 Å². The van der Waals surface area contributed by atoms with Gasteiger partial charge in [-0.15, -0.1) is 0 Å². The van der Waals surface area contributed by atoms with Crippen molar-refractivity contribution in [2.75, 3.05) is 5.32 Å². The number of carbonyl (C=O) groups excluding carboxylic acids is 1. The lowest BCUT2D eigenvalue weighted by atomic mass is 9.87. The van der Waals surface area contributed by atoms with Gasteiger partial charge in [-0.25, -0.2) is 0 Å². The molecule has 0 saturated carbocycles. The Morgan fingerprint density at radius 3 is 1.93 bits per heavy atom. The maximum atomic E-state index is 12.2. The van der Waals surface area contributed by atoms with Crippen molar-refractivity contribution >= 4 is 23.2 Å². The molecule has 1 N–H and O–H groups in total. The van der Waals surface area contributed by atoms with Crippen LogP contribution in [0.25, 0.3) is 0 Å². The predicted molar refractivity (Wildman–Crippen MR) is 115 cm³/mol. The highest BCUT2D eigenvalue weighted by Crippen LogP contribution is 2.27. The van der Waals surface area contributed by atoms with Gasteiger partial charge in [-0.3, -0.25) is 4.79 Å². The Kier molecular flexibility index (Phi) is 6.05. The summed E-state index contributed by atoms with van der Waals surface area (Å²) in [6.07, 6.45) is 0.301. The summed E-state index contributed by atoms with van der Waals surface area (Å²) >= 11 is 5.87. The van der Waals surface area contributed by atoms with E-state index in [1.807, 2.05) is 48.5 Å². The largest absolute Gasteiger partial charge is 0.457 e. The van der Waals surface area contributed by atoms with Gasteiger partial charge in [0.1, 0.15) is 11.5 Å². The van der Waals surface area contributed by atoms with Crippen LogP contribution in [0, 0.1) is 0 Å². The van der Waals surface area contributed by atoms with Crippen LogP contribution >= 0.6 is 11.6 Å². The normalized spacial score (nSPS) is 11.1. The molecule has 0 aromatic heterocycles. The Balaban J connectivity index is 1.57. The molecule has 1 amide bonds. The Morgan fingerprint density at radius 1 is 0.857 bits per heavy atom. The summed E-state index contributed by atoms with van der Waals surface area (Å²) in [6.45, 7) is 6.55. The van der Waals surface area contributed by atoms with Crippen LogP contribution in [0.4, 0.5) is 5.69 Å². The van der Waals surface area contributed by atoms with Crippen LogP contribution in [-0.4, -0.2) is 5.91 Å². The fourth-order valence-electron chi connectivity index (χ4n) is 2.76.